The Hall–Kier alpha value is -0.610. The smallest absolute Gasteiger partial charge is 0.320 e. The minimum Gasteiger partial charge on any atom is -0.480 e. The molecule has 0 saturated heterocycles. The number of hydrogen-bond acceptors (Lipinski definition) is 3. The van der Waals surface area contributed by atoms with Gasteiger partial charge in [0.25, 0.3) is 0 Å². The maximum absolute atomic E-state index is 10.6. The first-order chi connectivity index (χ1) is 7.52. The largest absolute Gasteiger partial charge is 0.480 e. The first kappa shape index (κ1) is 15.4. The molecule has 0 spiro atoms. The van der Waals surface area contributed by atoms with Crippen LogP contribution in [0.15, 0.2) is 0 Å². The molecule has 0 radical (unpaired) electrons. The molecule has 0 aromatic heterocycles. The van der Waals surface area contributed by atoms with E-state index >= 15 is 0 Å². The second-order valence-electron chi connectivity index (χ2n) is 4.38. The summed E-state index contributed by atoms with van der Waals surface area (Å²) in [5.74, 6) is -0.903. The van der Waals surface area contributed by atoms with Gasteiger partial charge in [-0.15, -0.1) is 0 Å². The number of carbonyl (C=O) groups is 1. The number of hydrogen-bond donors (Lipinski definition) is 2. The summed E-state index contributed by atoms with van der Waals surface area (Å²) in [6, 6.07) is -0.222. The molecule has 16 heavy (non-hydrogen) atoms. The first-order valence-corrected chi connectivity index (χ1v) is 6.25. The highest BCUT2D eigenvalue weighted by molar-refractivity contribution is 5.72. The fourth-order valence-electron chi connectivity index (χ4n) is 1.60. The van der Waals surface area contributed by atoms with E-state index in [9.17, 15) is 4.79 Å². The van der Waals surface area contributed by atoms with Crippen LogP contribution in [0.5, 0.6) is 0 Å². The van der Waals surface area contributed by atoms with Gasteiger partial charge in [-0.3, -0.25) is 4.79 Å². The third kappa shape index (κ3) is 6.08. The minimum atomic E-state index is -0.903. The lowest BCUT2D eigenvalue weighted by Gasteiger charge is -2.28. The Bertz CT molecular complexity index is 197. The molecule has 0 aliphatic heterocycles. The van der Waals surface area contributed by atoms with Crippen molar-refractivity contribution in [3.63, 3.8) is 0 Å². The van der Waals surface area contributed by atoms with Crippen molar-refractivity contribution in [2.24, 2.45) is 5.73 Å². The molecule has 0 amide bonds. The van der Waals surface area contributed by atoms with Gasteiger partial charge in [0, 0.05) is 12.6 Å². The molecule has 2 unspecified atom stereocenters. The zero-order chi connectivity index (χ0) is 12.6. The normalized spacial score (nSPS) is 15.1. The third-order valence-electron chi connectivity index (χ3n) is 3.06. The Morgan fingerprint density at radius 1 is 1.38 bits per heavy atom. The van der Waals surface area contributed by atoms with Crippen molar-refractivity contribution in [3.05, 3.63) is 0 Å². The van der Waals surface area contributed by atoms with E-state index in [1.807, 2.05) is 0 Å². The summed E-state index contributed by atoms with van der Waals surface area (Å²) in [5, 5.41) is 8.72. The van der Waals surface area contributed by atoms with Gasteiger partial charge in [0.05, 0.1) is 0 Å². The molecule has 96 valence electrons. The summed E-state index contributed by atoms with van der Waals surface area (Å²) in [7, 11) is 0. The molecular formula is C12H26N2O2. The lowest BCUT2D eigenvalue weighted by atomic mass is 10.1. The van der Waals surface area contributed by atoms with Gasteiger partial charge in [-0.05, 0) is 32.7 Å². The van der Waals surface area contributed by atoms with Gasteiger partial charge in [-0.25, -0.2) is 0 Å². The van der Waals surface area contributed by atoms with Crippen molar-refractivity contribution in [2.45, 2.75) is 58.5 Å². The van der Waals surface area contributed by atoms with E-state index in [0.717, 1.165) is 32.4 Å². The van der Waals surface area contributed by atoms with Crippen LogP contribution in [0.4, 0.5) is 0 Å². The van der Waals surface area contributed by atoms with E-state index in [4.69, 9.17) is 10.8 Å². The number of unbranched alkanes of at least 4 members (excludes halogenated alkanes) is 1. The van der Waals surface area contributed by atoms with Crippen molar-refractivity contribution in [3.8, 4) is 0 Å². The Labute approximate surface area is 98.8 Å². The molecule has 2 atom stereocenters. The summed E-state index contributed by atoms with van der Waals surface area (Å²) in [5.41, 5.74) is 5.51. The molecule has 4 heteroatoms. The summed E-state index contributed by atoms with van der Waals surface area (Å²) < 4.78 is 0. The molecule has 0 aromatic carbocycles. The van der Waals surface area contributed by atoms with Crippen LogP contribution in [-0.2, 0) is 4.79 Å². The fraction of sp³-hybridized carbons (Fsp3) is 0.917. The quantitative estimate of drug-likeness (QED) is 0.632. The zero-order valence-electron chi connectivity index (χ0n) is 10.8. The number of aliphatic carboxylic acids is 1. The van der Waals surface area contributed by atoms with E-state index in [2.05, 4.69) is 25.7 Å². The van der Waals surface area contributed by atoms with Crippen molar-refractivity contribution in [1.29, 1.82) is 0 Å². The Morgan fingerprint density at radius 2 is 2.00 bits per heavy atom. The van der Waals surface area contributed by atoms with Crippen LogP contribution in [0.3, 0.4) is 0 Å². The van der Waals surface area contributed by atoms with Crippen LogP contribution in [0.1, 0.15) is 46.5 Å². The van der Waals surface area contributed by atoms with Crippen LogP contribution in [0.2, 0.25) is 0 Å². The molecule has 0 aliphatic rings. The van der Waals surface area contributed by atoms with Gasteiger partial charge >= 0.3 is 5.97 Å². The number of carboxylic acids is 1. The molecule has 0 aliphatic carbocycles. The van der Waals surface area contributed by atoms with Crippen LogP contribution in [0.25, 0.3) is 0 Å². The van der Waals surface area contributed by atoms with E-state index in [0.29, 0.717) is 12.5 Å². The SMILES string of the molecule is CCCCN(CCC(N)C(=O)O)C(C)CC. The first-order valence-electron chi connectivity index (χ1n) is 6.25. The minimum absolute atomic E-state index is 0.507. The molecule has 0 rings (SSSR count). The topological polar surface area (TPSA) is 66.6 Å². The molecule has 0 fully saturated rings. The van der Waals surface area contributed by atoms with Gasteiger partial charge in [0.1, 0.15) is 6.04 Å². The third-order valence-corrected chi connectivity index (χ3v) is 3.06. The van der Waals surface area contributed by atoms with Crippen molar-refractivity contribution >= 4 is 5.97 Å². The number of nitrogens with two attached hydrogens (primary N) is 1. The van der Waals surface area contributed by atoms with Crippen LogP contribution < -0.4 is 5.73 Å². The molecule has 3 N–H and O–H groups in total. The second-order valence-corrected chi connectivity index (χ2v) is 4.38. The van der Waals surface area contributed by atoms with Gasteiger partial charge in [-0.2, -0.15) is 0 Å². The molecule has 0 saturated carbocycles. The zero-order valence-corrected chi connectivity index (χ0v) is 10.8. The van der Waals surface area contributed by atoms with Crippen molar-refractivity contribution in [2.75, 3.05) is 13.1 Å². The van der Waals surface area contributed by atoms with Crippen molar-refractivity contribution < 1.29 is 9.90 Å². The molecule has 0 heterocycles. The molecule has 4 nitrogen and oxygen atoms in total. The Balaban J connectivity index is 4.05. The number of rotatable bonds is 9. The summed E-state index contributed by atoms with van der Waals surface area (Å²) >= 11 is 0. The summed E-state index contributed by atoms with van der Waals surface area (Å²) in [6.07, 6.45) is 3.94. The predicted octanol–water partition coefficient (Wildman–Crippen LogP) is 1.69. The Morgan fingerprint density at radius 3 is 2.44 bits per heavy atom. The average molecular weight is 230 g/mol. The molecular weight excluding hydrogens is 204 g/mol. The lowest BCUT2D eigenvalue weighted by Crippen LogP contribution is -2.39. The standard InChI is InChI=1S/C12H26N2O2/c1-4-6-8-14(10(3)5-2)9-7-11(13)12(15)16/h10-11H,4-9,13H2,1-3H3,(H,15,16). The monoisotopic (exact) mass is 230 g/mol. The van der Waals surface area contributed by atoms with Gasteiger partial charge < -0.3 is 15.7 Å². The molecule has 0 aromatic rings. The van der Waals surface area contributed by atoms with E-state index in [-0.39, 0.29) is 0 Å². The van der Waals surface area contributed by atoms with Crippen LogP contribution in [0, 0.1) is 0 Å². The van der Waals surface area contributed by atoms with E-state index in [1.54, 1.807) is 0 Å². The highest BCUT2D eigenvalue weighted by Gasteiger charge is 2.16. The number of carboxylic acid groups (broad SMARTS) is 1. The average Bonchev–Trinajstić information content (AvgIpc) is 2.27. The summed E-state index contributed by atoms with van der Waals surface area (Å²) in [6.45, 7) is 8.32. The number of nitrogens with zero attached hydrogens (tertiary/aromatic N) is 1. The highest BCUT2D eigenvalue weighted by Crippen LogP contribution is 2.07. The fourth-order valence-corrected chi connectivity index (χ4v) is 1.60. The maximum atomic E-state index is 10.6. The van der Waals surface area contributed by atoms with Crippen LogP contribution in [-0.4, -0.2) is 41.1 Å². The Kier molecular flexibility index (Phi) is 8.21. The van der Waals surface area contributed by atoms with Gasteiger partial charge in [-0.1, -0.05) is 20.3 Å². The highest BCUT2D eigenvalue weighted by atomic mass is 16.4. The second kappa shape index (κ2) is 8.53. The predicted molar refractivity (Wildman–Crippen MR) is 66.5 cm³/mol. The van der Waals surface area contributed by atoms with Crippen LogP contribution >= 0.6 is 0 Å². The van der Waals surface area contributed by atoms with E-state index in [1.165, 1.54) is 0 Å². The van der Waals surface area contributed by atoms with Gasteiger partial charge in [0.2, 0.25) is 0 Å². The lowest BCUT2D eigenvalue weighted by molar-refractivity contribution is -0.138. The molecule has 0 bridgehead atoms. The van der Waals surface area contributed by atoms with Crippen molar-refractivity contribution in [1.82, 2.24) is 4.90 Å². The van der Waals surface area contributed by atoms with Gasteiger partial charge in [0.15, 0.2) is 0 Å². The summed E-state index contributed by atoms with van der Waals surface area (Å²) in [4.78, 5) is 13.0. The maximum Gasteiger partial charge on any atom is 0.320 e. The van der Waals surface area contributed by atoms with E-state index < -0.39 is 12.0 Å².